The molecule has 0 aliphatic heterocycles. The first-order valence-corrected chi connectivity index (χ1v) is 9.74. The van der Waals surface area contributed by atoms with Crippen LogP contribution in [0.25, 0.3) is 0 Å². The van der Waals surface area contributed by atoms with E-state index in [-0.39, 0.29) is 16.1 Å². The molecule has 0 fully saturated rings. The number of benzene rings is 2. The Bertz CT molecular complexity index is 949. The molecule has 0 aliphatic carbocycles. The summed E-state index contributed by atoms with van der Waals surface area (Å²) >= 11 is 5.47. The van der Waals surface area contributed by atoms with Crippen molar-refractivity contribution < 1.29 is 18.3 Å². The average molecular weight is 411 g/mol. The van der Waals surface area contributed by atoms with E-state index in [9.17, 15) is 18.3 Å². The van der Waals surface area contributed by atoms with Gasteiger partial charge < -0.3 is 5.11 Å². The smallest absolute Gasteiger partial charge is 0.337 e. The monoisotopic (exact) mass is 410 g/mol. The summed E-state index contributed by atoms with van der Waals surface area (Å²) in [4.78, 5) is 11.4. The van der Waals surface area contributed by atoms with E-state index in [1.54, 1.807) is 11.9 Å². The fourth-order valence-electron chi connectivity index (χ4n) is 2.44. The number of nitrogens with one attached hydrogen (secondary N) is 1. The van der Waals surface area contributed by atoms with Crippen molar-refractivity contribution in [1.29, 1.82) is 0 Å². The average Bonchev–Trinajstić information content (AvgIpc) is 2.64. The topological polar surface area (TPSA) is 125 Å². The summed E-state index contributed by atoms with van der Waals surface area (Å²) in [6.07, 6.45) is 0.597. The first-order valence-electron chi connectivity index (χ1n) is 7.86. The lowest BCUT2D eigenvalue weighted by Crippen LogP contribution is -2.43. The molecule has 0 heterocycles. The zero-order valence-electron chi connectivity index (χ0n) is 14.5. The number of anilines is 1. The quantitative estimate of drug-likeness (QED) is 0.365. The van der Waals surface area contributed by atoms with Crippen LogP contribution in [0.5, 0.6) is 0 Å². The number of carbonyl (C=O) groups is 1. The maximum Gasteiger partial charge on any atom is 0.337 e. The Balaban J connectivity index is 2.42. The molecule has 2 aromatic carbocycles. The predicted molar refractivity (Wildman–Crippen MR) is 104 cm³/mol. The van der Waals surface area contributed by atoms with E-state index in [1.807, 2.05) is 30.3 Å². The van der Waals surface area contributed by atoms with Crippen molar-refractivity contribution in [2.45, 2.75) is 18.2 Å². The zero-order valence-corrected chi connectivity index (χ0v) is 16.0. The van der Waals surface area contributed by atoms with Crippen LogP contribution in [-0.4, -0.2) is 31.9 Å². The lowest BCUT2D eigenvalue weighted by Gasteiger charge is -2.27. The number of halogens is 1. The largest absolute Gasteiger partial charge is 0.478 e. The van der Waals surface area contributed by atoms with Crippen LogP contribution < -0.4 is 15.6 Å². The number of hydrogen-bond donors (Lipinski definition) is 3. The number of carboxylic acids is 1. The van der Waals surface area contributed by atoms with E-state index in [0.717, 1.165) is 11.6 Å². The molecule has 0 saturated heterocycles. The Hall–Kier alpha value is -2.62. The molecule has 4 N–H and O–H groups in total. The van der Waals surface area contributed by atoms with Crippen LogP contribution in [0.2, 0.25) is 0 Å². The van der Waals surface area contributed by atoms with Gasteiger partial charge in [0.15, 0.2) is 0 Å². The minimum Gasteiger partial charge on any atom is -0.478 e. The Morgan fingerprint density at radius 2 is 1.93 bits per heavy atom. The van der Waals surface area contributed by atoms with Crippen LogP contribution in [0.4, 0.5) is 5.69 Å². The summed E-state index contributed by atoms with van der Waals surface area (Å²) < 4.78 is 26.6. The van der Waals surface area contributed by atoms with E-state index in [2.05, 4.69) is 9.94 Å². The SMILES string of the molecule is C/C(=N/Cl)NN(CCc1ccccc1)c1ccc(S(N)(=O)=O)cc1C(=O)O. The van der Waals surface area contributed by atoms with Gasteiger partial charge in [0, 0.05) is 18.3 Å². The molecule has 10 heteroatoms. The third-order valence-corrected chi connectivity index (χ3v) is 4.87. The second-order valence-electron chi connectivity index (χ2n) is 5.70. The number of nitrogens with two attached hydrogens (primary N) is 1. The number of aromatic carboxylic acids is 1. The minimum atomic E-state index is -4.03. The first-order chi connectivity index (χ1) is 12.7. The minimum absolute atomic E-state index is 0.218. The Kier molecular flexibility index (Phi) is 6.78. The Labute approximate surface area is 162 Å². The van der Waals surface area contributed by atoms with Crippen molar-refractivity contribution in [3.63, 3.8) is 0 Å². The zero-order chi connectivity index (χ0) is 20.0. The maximum absolute atomic E-state index is 11.7. The highest BCUT2D eigenvalue weighted by Gasteiger charge is 2.20. The highest BCUT2D eigenvalue weighted by molar-refractivity contribution is 7.89. The van der Waals surface area contributed by atoms with Crippen LogP contribution >= 0.6 is 11.8 Å². The fourth-order valence-corrected chi connectivity index (χ4v) is 3.01. The standard InChI is InChI=1S/C17H19ClN4O4S/c1-12(20-18)21-22(10-9-13-5-3-2-4-6-13)16-8-7-14(27(19,25)26)11-15(16)17(23)24/h2-8,11H,9-10H2,1H3,(H,20,21)(H,23,24)(H2,19,25,26). The van der Waals surface area contributed by atoms with Crippen molar-refractivity contribution in [3.05, 3.63) is 59.7 Å². The second kappa shape index (κ2) is 8.85. The third kappa shape index (κ3) is 5.68. The van der Waals surface area contributed by atoms with E-state index in [0.29, 0.717) is 18.8 Å². The molecular formula is C17H19ClN4O4S. The summed E-state index contributed by atoms with van der Waals surface area (Å²) in [7, 11) is -4.03. The lowest BCUT2D eigenvalue weighted by atomic mass is 10.1. The number of hydrogen-bond acceptors (Lipinski definition) is 5. The number of hydrazine groups is 1. The van der Waals surface area contributed by atoms with E-state index >= 15 is 0 Å². The van der Waals surface area contributed by atoms with Gasteiger partial charge in [-0.1, -0.05) is 30.3 Å². The van der Waals surface area contributed by atoms with Crippen molar-refractivity contribution in [2.75, 3.05) is 11.6 Å². The van der Waals surface area contributed by atoms with Crippen molar-refractivity contribution in [3.8, 4) is 0 Å². The predicted octanol–water partition coefficient (Wildman–Crippen LogP) is 2.16. The number of carboxylic acid groups (broad SMARTS) is 1. The van der Waals surface area contributed by atoms with Crippen LogP contribution in [0, 0.1) is 0 Å². The maximum atomic E-state index is 11.7. The molecule has 0 aromatic heterocycles. The number of rotatable bonds is 7. The van der Waals surface area contributed by atoms with Crippen LogP contribution in [0.15, 0.2) is 57.9 Å². The lowest BCUT2D eigenvalue weighted by molar-refractivity contribution is 0.0697. The van der Waals surface area contributed by atoms with Gasteiger partial charge in [0.2, 0.25) is 10.0 Å². The molecule has 0 unspecified atom stereocenters. The number of primary sulfonamides is 1. The molecule has 27 heavy (non-hydrogen) atoms. The van der Waals surface area contributed by atoms with E-state index in [4.69, 9.17) is 16.9 Å². The van der Waals surface area contributed by atoms with Gasteiger partial charge in [-0.05, 0) is 37.1 Å². The van der Waals surface area contributed by atoms with Gasteiger partial charge in [-0.25, -0.2) is 18.4 Å². The molecule has 2 aromatic rings. The fraction of sp³-hybridized carbons (Fsp3) is 0.176. The molecule has 0 bridgehead atoms. The normalized spacial score (nSPS) is 11.9. The molecule has 8 nitrogen and oxygen atoms in total. The van der Waals surface area contributed by atoms with Gasteiger partial charge in [0.1, 0.15) is 5.84 Å². The molecule has 0 amide bonds. The molecule has 0 spiro atoms. The molecule has 2 rings (SSSR count). The molecule has 0 radical (unpaired) electrons. The van der Waals surface area contributed by atoms with Gasteiger partial charge in [-0.3, -0.25) is 10.4 Å². The first kappa shape index (κ1) is 20.7. The van der Waals surface area contributed by atoms with Crippen molar-refractivity contribution >= 4 is 39.3 Å². The molecule has 0 saturated carbocycles. The summed E-state index contributed by atoms with van der Waals surface area (Å²) in [6, 6.07) is 13.3. The van der Waals surface area contributed by atoms with Crippen LogP contribution in [0.1, 0.15) is 22.8 Å². The Morgan fingerprint density at radius 1 is 1.26 bits per heavy atom. The van der Waals surface area contributed by atoms with Crippen LogP contribution in [0.3, 0.4) is 0 Å². The Morgan fingerprint density at radius 3 is 2.48 bits per heavy atom. The summed E-state index contributed by atoms with van der Waals surface area (Å²) in [5.74, 6) is -0.945. The summed E-state index contributed by atoms with van der Waals surface area (Å²) in [6.45, 7) is 1.99. The van der Waals surface area contributed by atoms with E-state index < -0.39 is 16.0 Å². The molecule has 144 valence electrons. The van der Waals surface area contributed by atoms with Gasteiger partial charge in [-0.15, -0.1) is 0 Å². The van der Waals surface area contributed by atoms with E-state index in [1.165, 1.54) is 12.1 Å². The third-order valence-electron chi connectivity index (χ3n) is 3.71. The molecule has 0 atom stereocenters. The molecular weight excluding hydrogens is 392 g/mol. The van der Waals surface area contributed by atoms with Gasteiger partial charge in [0.25, 0.3) is 0 Å². The number of sulfonamides is 1. The highest BCUT2D eigenvalue weighted by Crippen LogP contribution is 2.23. The van der Waals surface area contributed by atoms with Gasteiger partial charge >= 0.3 is 5.97 Å². The number of nitrogens with zero attached hydrogens (tertiary/aromatic N) is 2. The van der Waals surface area contributed by atoms with Crippen molar-refractivity contribution in [1.82, 2.24) is 5.43 Å². The van der Waals surface area contributed by atoms with Crippen molar-refractivity contribution in [2.24, 2.45) is 9.65 Å². The highest BCUT2D eigenvalue weighted by atomic mass is 35.5. The molecule has 0 aliphatic rings. The summed E-state index contributed by atoms with van der Waals surface area (Å²) in [5, 5.41) is 16.2. The summed E-state index contributed by atoms with van der Waals surface area (Å²) in [5.41, 5.74) is 4.00. The second-order valence-corrected chi connectivity index (χ2v) is 7.43. The number of amidine groups is 1. The van der Waals surface area contributed by atoms with Gasteiger partial charge in [-0.2, -0.15) is 4.51 Å². The van der Waals surface area contributed by atoms with Gasteiger partial charge in [0.05, 0.1) is 16.1 Å². The van der Waals surface area contributed by atoms with Crippen LogP contribution in [-0.2, 0) is 16.4 Å².